The van der Waals surface area contributed by atoms with Crippen molar-refractivity contribution in [2.45, 2.75) is 31.7 Å². The van der Waals surface area contributed by atoms with E-state index in [0.29, 0.717) is 0 Å². The lowest BCUT2D eigenvalue weighted by molar-refractivity contribution is -0.141. The Morgan fingerprint density at radius 1 is 1.47 bits per heavy atom. The van der Waals surface area contributed by atoms with E-state index in [1.54, 1.807) is 0 Å². The minimum atomic E-state index is -0.431. The van der Waals surface area contributed by atoms with Crippen LogP contribution in [0.1, 0.15) is 36.0 Å². The standard InChI is InChI=1S/C13H16ClNO4/c1-18-11(16)8-15(9-4-2-3-5-9)13(17)10-6-7-19-12(10)14/h6-7,9H,2-5,8H2,1H3. The van der Waals surface area contributed by atoms with Gasteiger partial charge in [-0.05, 0) is 30.5 Å². The van der Waals surface area contributed by atoms with Crippen LogP contribution in [-0.4, -0.2) is 36.5 Å². The first-order valence-electron chi connectivity index (χ1n) is 6.24. The topological polar surface area (TPSA) is 59.8 Å². The lowest BCUT2D eigenvalue weighted by Gasteiger charge is -2.27. The molecule has 1 aromatic rings. The summed E-state index contributed by atoms with van der Waals surface area (Å²) in [6.45, 7) is -0.0541. The van der Waals surface area contributed by atoms with Crippen LogP contribution in [0.2, 0.25) is 5.22 Å². The molecule has 0 N–H and O–H groups in total. The van der Waals surface area contributed by atoms with E-state index in [9.17, 15) is 9.59 Å². The van der Waals surface area contributed by atoms with Crippen molar-refractivity contribution in [3.63, 3.8) is 0 Å². The van der Waals surface area contributed by atoms with Gasteiger partial charge in [0.15, 0.2) is 0 Å². The van der Waals surface area contributed by atoms with Gasteiger partial charge in [0.2, 0.25) is 5.22 Å². The number of furan rings is 1. The smallest absolute Gasteiger partial charge is 0.325 e. The molecule has 0 atom stereocenters. The van der Waals surface area contributed by atoms with Crippen LogP contribution in [-0.2, 0) is 9.53 Å². The van der Waals surface area contributed by atoms with Crippen molar-refractivity contribution in [1.82, 2.24) is 4.90 Å². The molecule has 6 heteroatoms. The number of rotatable bonds is 4. The summed E-state index contributed by atoms with van der Waals surface area (Å²) in [6, 6.07) is 1.58. The Labute approximate surface area is 116 Å². The number of hydrogen-bond donors (Lipinski definition) is 0. The number of halogens is 1. The Morgan fingerprint density at radius 3 is 2.68 bits per heavy atom. The number of esters is 1. The van der Waals surface area contributed by atoms with E-state index in [4.69, 9.17) is 16.0 Å². The molecule has 1 aliphatic rings. The number of methoxy groups -OCH3 is 1. The van der Waals surface area contributed by atoms with Crippen molar-refractivity contribution < 1.29 is 18.7 Å². The van der Waals surface area contributed by atoms with Gasteiger partial charge < -0.3 is 14.1 Å². The van der Waals surface area contributed by atoms with Gasteiger partial charge in [0.1, 0.15) is 6.54 Å². The summed E-state index contributed by atoms with van der Waals surface area (Å²) in [6.07, 6.45) is 5.29. The first-order chi connectivity index (χ1) is 9.13. The molecule has 1 heterocycles. The Bertz CT molecular complexity index is 465. The van der Waals surface area contributed by atoms with Gasteiger partial charge >= 0.3 is 5.97 Å². The predicted octanol–water partition coefficient (Wildman–Crippen LogP) is 2.49. The quantitative estimate of drug-likeness (QED) is 0.798. The lowest BCUT2D eigenvalue weighted by atomic mass is 10.1. The van der Waals surface area contributed by atoms with E-state index in [1.807, 2.05) is 0 Å². The molecule has 1 amide bonds. The van der Waals surface area contributed by atoms with Crippen LogP contribution >= 0.6 is 11.6 Å². The maximum atomic E-state index is 12.4. The highest BCUT2D eigenvalue weighted by Gasteiger charge is 2.31. The first-order valence-corrected chi connectivity index (χ1v) is 6.62. The lowest BCUT2D eigenvalue weighted by Crippen LogP contribution is -2.42. The summed E-state index contributed by atoms with van der Waals surface area (Å²) in [5.74, 6) is -0.712. The van der Waals surface area contributed by atoms with Crippen molar-refractivity contribution in [2.24, 2.45) is 0 Å². The van der Waals surface area contributed by atoms with Gasteiger partial charge in [-0.1, -0.05) is 12.8 Å². The van der Waals surface area contributed by atoms with E-state index in [2.05, 4.69) is 4.74 Å². The number of carbonyl (C=O) groups is 2. The zero-order valence-corrected chi connectivity index (χ0v) is 11.5. The molecular formula is C13H16ClNO4. The highest BCUT2D eigenvalue weighted by atomic mass is 35.5. The van der Waals surface area contributed by atoms with Crippen LogP contribution in [0.4, 0.5) is 0 Å². The van der Waals surface area contributed by atoms with Crippen molar-refractivity contribution in [1.29, 1.82) is 0 Å². The monoisotopic (exact) mass is 285 g/mol. The van der Waals surface area contributed by atoms with Crippen LogP contribution in [0.5, 0.6) is 0 Å². The van der Waals surface area contributed by atoms with E-state index in [0.717, 1.165) is 25.7 Å². The molecule has 1 fully saturated rings. The average Bonchev–Trinajstić information content (AvgIpc) is 3.05. The summed E-state index contributed by atoms with van der Waals surface area (Å²) in [5.41, 5.74) is 0.289. The fraction of sp³-hybridized carbons (Fsp3) is 0.538. The van der Waals surface area contributed by atoms with Gasteiger partial charge in [0.05, 0.1) is 18.9 Å². The summed E-state index contributed by atoms with van der Waals surface area (Å²) in [7, 11) is 1.31. The number of hydrogen-bond acceptors (Lipinski definition) is 4. The highest BCUT2D eigenvalue weighted by Crippen LogP contribution is 2.27. The van der Waals surface area contributed by atoms with Crippen LogP contribution in [0.3, 0.4) is 0 Å². The fourth-order valence-electron chi connectivity index (χ4n) is 2.39. The fourth-order valence-corrected chi connectivity index (χ4v) is 2.58. The van der Waals surface area contributed by atoms with Crippen molar-refractivity contribution in [2.75, 3.05) is 13.7 Å². The van der Waals surface area contributed by atoms with Crippen LogP contribution in [0, 0.1) is 0 Å². The third-order valence-electron chi connectivity index (χ3n) is 3.40. The second-order valence-electron chi connectivity index (χ2n) is 4.56. The zero-order chi connectivity index (χ0) is 13.8. The molecule has 1 aliphatic carbocycles. The normalized spacial score (nSPS) is 15.5. The third kappa shape index (κ3) is 3.10. The van der Waals surface area contributed by atoms with Gasteiger partial charge in [-0.3, -0.25) is 9.59 Å². The molecule has 0 aromatic carbocycles. The Kier molecular flexibility index (Phi) is 4.47. The maximum absolute atomic E-state index is 12.4. The van der Waals surface area contributed by atoms with Crippen LogP contribution in [0.15, 0.2) is 16.7 Å². The van der Waals surface area contributed by atoms with Crippen LogP contribution in [0.25, 0.3) is 0 Å². The molecule has 104 valence electrons. The van der Waals surface area contributed by atoms with E-state index in [-0.39, 0.29) is 29.3 Å². The predicted molar refractivity (Wildman–Crippen MR) is 69.0 cm³/mol. The second kappa shape index (κ2) is 6.10. The van der Waals surface area contributed by atoms with Gasteiger partial charge in [-0.2, -0.15) is 0 Å². The molecule has 1 aromatic heterocycles. The number of ether oxygens (including phenoxy) is 1. The molecule has 19 heavy (non-hydrogen) atoms. The molecule has 1 saturated carbocycles. The zero-order valence-electron chi connectivity index (χ0n) is 10.7. The van der Waals surface area contributed by atoms with Crippen molar-refractivity contribution in [3.8, 4) is 0 Å². The van der Waals surface area contributed by atoms with E-state index < -0.39 is 5.97 Å². The molecule has 0 aliphatic heterocycles. The summed E-state index contributed by atoms with van der Waals surface area (Å²) >= 11 is 5.83. The second-order valence-corrected chi connectivity index (χ2v) is 4.90. The number of amides is 1. The van der Waals surface area contributed by atoms with Crippen molar-refractivity contribution in [3.05, 3.63) is 23.1 Å². The summed E-state index contributed by atoms with van der Waals surface area (Å²) in [5, 5.41) is 0.0536. The number of nitrogens with zero attached hydrogens (tertiary/aromatic N) is 1. The van der Waals surface area contributed by atoms with Gasteiger partial charge in [0, 0.05) is 6.04 Å². The molecule has 0 spiro atoms. The Balaban J connectivity index is 2.18. The third-order valence-corrected chi connectivity index (χ3v) is 3.69. The maximum Gasteiger partial charge on any atom is 0.325 e. The molecule has 0 unspecified atom stereocenters. The highest BCUT2D eigenvalue weighted by molar-refractivity contribution is 6.32. The Hall–Kier alpha value is -1.49. The largest absolute Gasteiger partial charge is 0.468 e. The molecule has 0 bridgehead atoms. The SMILES string of the molecule is COC(=O)CN(C(=O)c1ccoc1Cl)C1CCCC1. The van der Waals surface area contributed by atoms with Gasteiger partial charge in [0.25, 0.3) is 5.91 Å². The first kappa shape index (κ1) is 13.9. The van der Waals surface area contributed by atoms with Crippen molar-refractivity contribution >= 4 is 23.5 Å². The molecule has 0 radical (unpaired) electrons. The molecule has 5 nitrogen and oxygen atoms in total. The molecular weight excluding hydrogens is 270 g/mol. The summed E-state index contributed by atoms with van der Waals surface area (Å²) in [4.78, 5) is 25.4. The van der Waals surface area contributed by atoms with Crippen LogP contribution < -0.4 is 0 Å². The molecule has 2 rings (SSSR count). The minimum absolute atomic E-state index is 0.0536. The van der Waals surface area contributed by atoms with Gasteiger partial charge in [-0.25, -0.2) is 0 Å². The van der Waals surface area contributed by atoms with E-state index >= 15 is 0 Å². The average molecular weight is 286 g/mol. The number of carbonyl (C=O) groups excluding carboxylic acids is 2. The molecule has 0 saturated heterocycles. The minimum Gasteiger partial charge on any atom is -0.468 e. The van der Waals surface area contributed by atoms with Gasteiger partial charge in [-0.15, -0.1) is 0 Å². The van der Waals surface area contributed by atoms with E-state index in [1.165, 1.54) is 24.3 Å². The summed E-state index contributed by atoms with van der Waals surface area (Å²) < 4.78 is 9.58. The Morgan fingerprint density at radius 2 is 2.16 bits per heavy atom.